The number of amides is 1. The van der Waals surface area contributed by atoms with E-state index in [0.717, 1.165) is 12.8 Å². The van der Waals surface area contributed by atoms with E-state index in [2.05, 4.69) is 78.9 Å². The van der Waals surface area contributed by atoms with Crippen LogP contribution >= 0.6 is 0 Å². The molecule has 1 amide bonds. The largest absolute Gasteiger partial charge is 0.465 e. The monoisotopic (exact) mass is 441 g/mol. The Kier molecular flexibility index (Phi) is 6.19. The molecule has 0 bridgehead atoms. The van der Waals surface area contributed by atoms with Crippen molar-refractivity contribution in [1.82, 2.24) is 4.90 Å². The number of rotatable bonds is 7. The fourth-order valence-corrected chi connectivity index (χ4v) is 5.08. The Balaban J connectivity index is 1.34. The van der Waals surface area contributed by atoms with E-state index >= 15 is 0 Å². The molecule has 0 aromatic heterocycles. The number of nitrogens with zero attached hydrogens (tertiary/aromatic N) is 1. The summed E-state index contributed by atoms with van der Waals surface area (Å²) in [4.78, 5) is 13.2. The van der Waals surface area contributed by atoms with Gasteiger partial charge in [0.25, 0.3) is 0 Å². The van der Waals surface area contributed by atoms with Crippen molar-refractivity contribution in [3.63, 3.8) is 0 Å². The molecule has 1 heterocycles. The molecule has 1 aliphatic carbocycles. The molecule has 3 aromatic carbocycles. The van der Waals surface area contributed by atoms with Gasteiger partial charge in [0.2, 0.25) is 0 Å². The predicted octanol–water partition coefficient (Wildman–Crippen LogP) is 6.23. The molecule has 2 fully saturated rings. The van der Waals surface area contributed by atoms with Crippen LogP contribution in [0.5, 0.6) is 0 Å². The Morgan fingerprint density at radius 3 is 2.33 bits per heavy atom. The van der Waals surface area contributed by atoms with Crippen LogP contribution in [0.4, 0.5) is 4.79 Å². The molecule has 0 radical (unpaired) electrons. The van der Waals surface area contributed by atoms with E-state index in [1.807, 2.05) is 6.07 Å². The standard InChI is InChI=1S/C29H31NO3/c31-28(32)30-17-14-26(25-13-7-12-24(18-25)23-10-5-2-6-11-23)27(20-30)33-21-29(15-16-29)19-22-8-3-1-4-9-22/h1-13,18,26-27H,14-17,19-21H2,(H,31,32)/t26-,27+/m1/s1. The van der Waals surface area contributed by atoms with Gasteiger partial charge >= 0.3 is 6.09 Å². The zero-order valence-electron chi connectivity index (χ0n) is 18.9. The average Bonchev–Trinajstić information content (AvgIpc) is 3.63. The number of carbonyl (C=O) groups is 1. The van der Waals surface area contributed by atoms with Gasteiger partial charge in [-0.05, 0) is 53.4 Å². The molecule has 4 nitrogen and oxygen atoms in total. The third kappa shape index (κ3) is 5.12. The van der Waals surface area contributed by atoms with E-state index in [9.17, 15) is 9.90 Å². The summed E-state index contributed by atoms with van der Waals surface area (Å²) in [6.45, 7) is 1.66. The van der Waals surface area contributed by atoms with E-state index in [-0.39, 0.29) is 17.4 Å². The number of hydrogen-bond donors (Lipinski definition) is 1. The van der Waals surface area contributed by atoms with Gasteiger partial charge in [-0.1, -0.05) is 84.9 Å². The summed E-state index contributed by atoms with van der Waals surface area (Å²) in [5.41, 5.74) is 5.17. The van der Waals surface area contributed by atoms with Crippen LogP contribution in [0.15, 0.2) is 84.9 Å². The van der Waals surface area contributed by atoms with Gasteiger partial charge in [0.05, 0.1) is 19.3 Å². The van der Waals surface area contributed by atoms with Crippen LogP contribution in [-0.2, 0) is 11.2 Å². The number of benzene rings is 3. The van der Waals surface area contributed by atoms with Gasteiger partial charge in [-0.25, -0.2) is 4.79 Å². The van der Waals surface area contributed by atoms with Crippen LogP contribution < -0.4 is 0 Å². The maximum Gasteiger partial charge on any atom is 0.407 e. The van der Waals surface area contributed by atoms with Crippen LogP contribution in [0.25, 0.3) is 11.1 Å². The van der Waals surface area contributed by atoms with E-state index in [1.54, 1.807) is 0 Å². The van der Waals surface area contributed by atoms with Gasteiger partial charge < -0.3 is 14.7 Å². The van der Waals surface area contributed by atoms with Gasteiger partial charge in [-0.3, -0.25) is 0 Å². The summed E-state index contributed by atoms with van der Waals surface area (Å²) in [5, 5.41) is 9.61. The summed E-state index contributed by atoms with van der Waals surface area (Å²) in [7, 11) is 0. The summed E-state index contributed by atoms with van der Waals surface area (Å²) in [6.07, 6.45) is 3.16. The van der Waals surface area contributed by atoms with Crippen molar-refractivity contribution in [2.75, 3.05) is 19.7 Å². The number of carboxylic acid groups (broad SMARTS) is 1. The van der Waals surface area contributed by atoms with Gasteiger partial charge in [0.15, 0.2) is 0 Å². The first-order valence-electron chi connectivity index (χ1n) is 11.9. The second-order valence-corrected chi connectivity index (χ2v) is 9.63. The summed E-state index contributed by atoms with van der Waals surface area (Å²) in [5.74, 6) is 0.191. The van der Waals surface area contributed by atoms with Crippen LogP contribution in [0.2, 0.25) is 0 Å². The summed E-state index contributed by atoms with van der Waals surface area (Å²) >= 11 is 0. The molecule has 5 rings (SSSR count). The molecule has 1 saturated heterocycles. The zero-order chi connectivity index (χ0) is 22.7. The molecule has 0 unspecified atom stereocenters. The lowest BCUT2D eigenvalue weighted by Crippen LogP contribution is -2.47. The van der Waals surface area contributed by atoms with Crippen LogP contribution in [0, 0.1) is 5.41 Å². The van der Waals surface area contributed by atoms with E-state index in [1.165, 1.54) is 40.0 Å². The number of likely N-dealkylation sites (tertiary alicyclic amines) is 1. The van der Waals surface area contributed by atoms with Gasteiger partial charge in [-0.15, -0.1) is 0 Å². The van der Waals surface area contributed by atoms with Crippen molar-refractivity contribution >= 4 is 6.09 Å². The second-order valence-electron chi connectivity index (χ2n) is 9.63. The van der Waals surface area contributed by atoms with Crippen molar-refractivity contribution in [2.45, 2.75) is 37.7 Å². The van der Waals surface area contributed by atoms with E-state index in [4.69, 9.17) is 4.74 Å². The molecule has 170 valence electrons. The Labute approximate surface area is 195 Å². The van der Waals surface area contributed by atoms with Crippen LogP contribution in [0.3, 0.4) is 0 Å². The predicted molar refractivity (Wildman–Crippen MR) is 130 cm³/mol. The molecule has 33 heavy (non-hydrogen) atoms. The average molecular weight is 442 g/mol. The quantitative estimate of drug-likeness (QED) is 0.473. The minimum Gasteiger partial charge on any atom is -0.465 e. The SMILES string of the molecule is O=C(O)N1CC[C@H](c2cccc(-c3ccccc3)c2)[C@@H](OCC2(Cc3ccccc3)CC2)C1. The van der Waals surface area contributed by atoms with Crippen molar-refractivity contribution in [3.8, 4) is 11.1 Å². The molecule has 0 spiro atoms. The molecule has 1 saturated carbocycles. The summed E-state index contributed by atoms with van der Waals surface area (Å²) < 4.78 is 6.57. The number of ether oxygens (including phenoxy) is 1. The van der Waals surface area contributed by atoms with E-state index in [0.29, 0.717) is 19.7 Å². The first-order valence-corrected chi connectivity index (χ1v) is 11.9. The van der Waals surface area contributed by atoms with Gasteiger partial charge in [0, 0.05) is 12.5 Å². The Morgan fingerprint density at radius 1 is 0.939 bits per heavy atom. The molecule has 2 atom stereocenters. The Morgan fingerprint density at radius 2 is 1.64 bits per heavy atom. The van der Waals surface area contributed by atoms with Gasteiger partial charge in [0.1, 0.15) is 0 Å². The van der Waals surface area contributed by atoms with Crippen LogP contribution in [-0.4, -0.2) is 41.9 Å². The smallest absolute Gasteiger partial charge is 0.407 e. The molecule has 2 aliphatic rings. The highest BCUT2D eigenvalue weighted by molar-refractivity contribution is 5.66. The number of hydrogen-bond acceptors (Lipinski definition) is 2. The maximum atomic E-state index is 11.7. The van der Waals surface area contributed by atoms with Crippen molar-refractivity contribution < 1.29 is 14.6 Å². The van der Waals surface area contributed by atoms with E-state index < -0.39 is 6.09 Å². The minimum atomic E-state index is -0.856. The highest BCUT2D eigenvalue weighted by atomic mass is 16.5. The second kappa shape index (κ2) is 9.40. The third-order valence-corrected chi connectivity index (χ3v) is 7.23. The normalized spacial score (nSPS) is 21.5. The first-order chi connectivity index (χ1) is 16.1. The minimum absolute atomic E-state index is 0.130. The first kappa shape index (κ1) is 21.7. The maximum absolute atomic E-state index is 11.7. The lowest BCUT2D eigenvalue weighted by Gasteiger charge is -2.38. The zero-order valence-corrected chi connectivity index (χ0v) is 18.9. The topological polar surface area (TPSA) is 49.8 Å². The molecule has 1 aliphatic heterocycles. The Hall–Kier alpha value is -3.11. The van der Waals surface area contributed by atoms with Crippen molar-refractivity contribution in [3.05, 3.63) is 96.1 Å². The molecule has 3 aromatic rings. The molecular weight excluding hydrogens is 410 g/mol. The molecule has 1 N–H and O–H groups in total. The van der Waals surface area contributed by atoms with Crippen LogP contribution in [0.1, 0.15) is 36.3 Å². The van der Waals surface area contributed by atoms with Crippen molar-refractivity contribution in [1.29, 1.82) is 0 Å². The fourth-order valence-electron chi connectivity index (χ4n) is 5.08. The summed E-state index contributed by atoms with van der Waals surface area (Å²) in [6, 6.07) is 29.7. The lowest BCUT2D eigenvalue weighted by atomic mass is 9.85. The number of piperidine rings is 1. The fraction of sp³-hybridized carbons (Fsp3) is 0.345. The Bertz CT molecular complexity index is 1080. The third-order valence-electron chi connectivity index (χ3n) is 7.23. The molecule has 4 heteroatoms. The molecular formula is C29H31NO3. The van der Waals surface area contributed by atoms with Gasteiger partial charge in [-0.2, -0.15) is 0 Å². The highest BCUT2D eigenvalue weighted by Crippen LogP contribution is 2.49. The highest BCUT2D eigenvalue weighted by Gasteiger charge is 2.44. The van der Waals surface area contributed by atoms with Crippen molar-refractivity contribution in [2.24, 2.45) is 5.41 Å². The lowest BCUT2D eigenvalue weighted by molar-refractivity contribution is -0.0296.